The number of carbonyl (C=O) groups is 1. The van der Waals surface area contributed by atoms with E-state index in [-0.39, 0.29) is 17.5 Å². The summed E-state index contributed by atoms with van der Waals surface area (Å²) in [4.78, 5) is 35.9. The van der Waals surface area contributed by atoms with Gasteiger partial charge in [0.1, 0.15) is 11.4 Å². The molecule has 2 fully saturated rings. The molecule has 0 spiro atoms. The van der Waals surface area contributed by atoms with Crippen molar-refractivity contribution in [1.82, 2.24) is 19.4 Å². The van der Waals surface area contributed by atoms with Gasteiger partial charge in [0.2, 0.25) is 0 Å². The van der Waals surface area contributed by atoms with E-state index in [4.69, 9.17) is 0 Å². The molecule has 3 aromatic rings. The molecule has 2 aliphatic rings. The summed E-state index contributed by atoms with van der Waals surface area (Å²) in [5.41, 5.74) is 2.03. The third-order valence-electron chi connectivity index (χ3n) is 8.13. The fourth-order valence-corrected chi connectivity index (χ4v) is 6.10. The third kappa shape index (κ3) is 4.25. The van der Waals surface area contributed by atoms with Crippen LogP contribution in [0.15, 0.2) is 35.5 Å². The number of nitrogens with one attached hydrogen (secondary N) is 1. The zero-order chi connectivity index (χ0) is 23.2. The molecule has 3 aromatic heterocycles. The number of Topliss-reactive ketones (excluding diaryl/α,β-unsaturated/α-hetero) is 1. The Bertz CT molecular complexity index is 1210. The Kier molecular flexibility index (Phi) is 5.89. The van der Waals surface area contributed by atoms with Crippen molar-refractivity contribution in [3.8, 4) is 0 Å². The van der Waals surface area contributed by atoms with E-state index in [0.29, 0.717) is 29.0 Å². The summed E-state index contributed by atoms with van der Waals surface area (Å²) >= 11 is 0. The average molecular weight is 449 g/mol. The van der Waals surface area contributed by atoms with E-state index in [0.717, 1.165) is 68.0 Å². The summed E-state index contributed by atoms with van der Waals surface area (Å²) in [6.07, 6.45) is 13.1. The van der Waals surface area contributed by atoms with Crippen LogP contribution >= 0.6 is 0 Å². The number of hydrogen-bond acceptors (Lipinski definition) is 4. The van der Waals surface area contributed by atoms with E-state index in [1.165, 1.54) is 0 Å². The number of H-pyrrole nitrogens is 1. The molecule has 1 N–H and O–H groups in total. The summed E-state index contributed by atoms with van der Waals surface area (Å²) in [5.74, 6) is 1.31. The minimum Gasteiger partial charge on any atom is -0.346 e. The largest absolute Gasteiger partial charge is 0.346 e. The van der Waals surface area contributed by atoms with Crippen LogP contribution in [0.1, 0.15) is 71.9 Å². The number of fused-ring (bicyclic) bond motifs is 3. The first-order chi connectivity index (χ1) is 15.8. The van der Waals surface area contributed by atoms with Crippen LogP contribution in [0.5, 0.6) is 0 Å². The van der Waals surface area contributed by atoms with Gasteiger partial charge in [-0.1, -0.05) is 20.8 Å². The molecule has 6 heteroatoms. The molecule has 5 rings (SSSR count). The predicted molar refractivity (Wildman–Crippen MR) is 132 cm³/mol. The number of aromatic nitrogens is 3. The van der Waals surface area contributed by atoms with Crippen LogP contribution in [0.4, 0.5) is 0 Å². The standard InChI is InChI=1S/C27H36N4O2/c1-27(2,3)19-9-7-18(8-10-19)23(33)17-30-14-5-4-6-24(30)31-15-12-22(32)21-16-29-26-20(25(21)31)11-13-28-26/h11-13,15-16,18-19,24H,4-10,14,17H2,1-3H3,(H,28,29). The van der Waals surface area contributed by atoms with E-state index in [1.54, 1.807) is 12.3 Å². The molecular weight excluding hydrogens is 412 g/mol. The maximum Gasteiger partial charge on any atom is 0.190 e. The maximum atomic E-state index is 13.4. The monoisotopic (exact) mass is 448 g/mol. The van der Waals surface area contributed by atoms with Crippen molar-refractivity contribution in [3.63, 3.8) is 0 Å². The number of piperidine rings is 1. The third-order valence-corrected chi connectivity index (χ3v) is 8.13. The lowest BCUT2D eigenvalue weighted by Gasteiger charge is -2.39. The first-order valence-corrected chi connectivity index (χ1v) is 12.6. The number of rotatable bonds is 4. The van der Waals surface area contributed by atoms with Gasteiger partial charge in [-0.15, -0.1) is 0 Å². The smallest absolute Gasteiger partial charge is 0.190 e. The van der Waals surface area contributed by atoms with E-state index in [9.17, 15) is 9.59 Å². The lowest BCUT2D eigenvalue weighted by Crippen LogP contribution is -2.42. The van der Waals surface area contributed by atoms with Crippen LogP contribution in [0.3, 0.4) is 0 Å². The van der Waals surface area contributed by atoms with Gasteiger partial charge in [0.25, 0.3) is 0 Å². The summed E-state index contributed by atoms with van der Waals surface area (Å²) in [6.45, 7) is 8.39. The zero-order valence-corrected chi connectivity index (χ0v) is 20.1. The predicted octanol–water partition coefficient (Wildman–Crippen LogP) is 5.28. The molecule has 1 aliphatic carbocycles. The van der Waals surface area contributed by atoms with Crippen molar-refractivity contribution in [2.75, 3.05) is 13.1 Å². The Morgan fingerprint density at radius 1 is 1.09 bits per heavy atom. The maximum absolute atomic E-state index is 13.4. The summed E-state index contributed by atoms with van der Waals surface area (Å²) in [7, 11) is 0. The van der Waals surface area contributed by atoms with Crippen LogP contribution in [0.25, 0.3) is 21.9 Å². The van der Waals surface area contributed by atoms with Gasteiger partial charge in [0.05, 0.1) is 23.6 Å². The van der Waals surface area contributed by atoms with Crippen molar-refractivity contribution >= 4 is 27.7 Å². The molecule has 1 atom stereocenters. The van der Waals surface area contributed by atoms with Crippen molar-refractivity contribution in [1.29, 1.82) is 0 Å². The lowest BCUT2D eigenvalue weighted by molar-refractivity contribution is -0.127. The molecule has 4 heterocycles. The molecule has 0 bridgehead atoms. The fraction of sp³-hybridized carbons (Fsp3) is 0.593. The number of carbonyl (C=O) groups excluding carboxylic acids is 1. The highest BCUT2D eigenvalue weighted by Gasteiger charge is 2.34. The van der Waals surface area contributed by atoms with Crippen LogP contribution in [0.2, 0.25) is 0 Å². The second kappa shape index (κ2) is 8.71. The lowest BCUT2D eigenvalue weighted by atomic mass is 9.69. The van der Waals surface area contributed by atoms with Gasteiger partial charge >= 0.3 is 0 Å². The summed E-state index contributed by atoms with van der Waals surface area (Å²) in [5, 5.41) is 1.60. The number of nitrogens with zero attached hydrogens (tertiary/aromatic N) is 3. The Balaban J connectivity index is 1.41. The molecule has 33 heavy (non-hydrogen) atoms. The van der Waals surface area contributed by atoms with Crippen LogP contribution in [0, 0.1) is 17.3 Å². The Morgan fingerprint density at radius 2 is 1.88 bits per heavy atom. The molecular formula is C27H36N4O2. The molecule has 1 saturated carbocycles. The molecule has 176 valence electrons. The summed E-state index contributed by atoms with van der Waals surface area (Å²) in [6, 6.07) is 3.64. The van der Waals surface area contributed by atoms with Gasteiger partial charge in [-0.3, -0.25) is 14.5 Å². The van der Waals surface area contributed by atoms with E-state index >= 15 is 0 Å². The highest BCUT2D eigenvalue weighted by Crippen LogP contribution is 2.40. The van der Waals surface area contributed by atoms with Gasteiger partial charge in [-0.25, -0.2) is 4.98 Å². The minimum absolute atomic E-state index is 0.00843. The van der Waals surface area contributed by atoms with Crippen molar-refractivity contribution in [3.05, 3.63) is 40.9 Å². The van der Waals surface area contributed by atoms with Gasteiger partial charge in [0.15, 0.2) is 5.43 Å². The minimum atomic E-state index is -0.00843. The van der Waals surface area contributed by atoms with Crippen molar-refractivity contribution in [2.45, 2.75) is 71.9 Å². The highest BCUT2D eigenvalue weighted by atomic mass is 16.1. The second-order valence-corrected chi connectivity index (χ2v) is 11.2. The van der Waals surface area contributed by atoms with Crippen LogP contribution in [-0.2, 0) is 4.79 Å². The van der Waals surface area contributed by atoms with Gasteiger partial charge < -0.3 is 9.55 Å². The molecule has 1 saturated heterocycles. The van der Waals surface area contributed by atoms with Gasteiger partial charge in [-0.05, 0) is 62.3 Å². The second-order valence-electron chi connectivity index (χ2n) is 11.2. The molecule has 6 nitrogen and oxygen atoms in total. The first kappa shape index (κ1) is 22.3. The van der Waals surface area contributed by atoms with E-state index in [1.807, 2.05) is 18.5 Å². The van der Waals surface area contributed by atoms with Gasteiger partial charge in [0, 0.05) is 42.5 Å². The normalized spacial score (nSPS) is 25.0. The van der Waals surface area contributed by atoms with Crippen LogP contribution < -0.4 is 5.43 Å². The fourth-order valence-electron chi connectivity index (χ4n) is 6.10. The summed E-state index contributed by atoms with van der Waals surface area (Å²) < 4.78 is 2.22. The molecule has 0 amide bonds. The van der Waals surface area contributed by atoms with E-state index < -0.39 is 0 Å². The number of hydrogen-bond donors (Lipinski definition) is 1. The number of ketones is 1. The SMILES string of the molecule is CC(C)(C)C1CCC(C(=O)CN2CCCCC2n2ccc(=O)c3cnc4[nH]ccc4c32)CC1. The van der Waals surface area contributed by atoms with E-state index in [2.05, 4.69) is 40.2 Å². The quantitative estimate of drug-likeness (QED) is 0.589. The highest BCUT2D eigenvalue weighted by molar-refractivity contribution is 6.02. The first-order valence-electron chi connectivity index (χ1n) is 12.6. The Hall–Kier alpha value is -2.47. The zero-order valence-electron chi connectivity index (χ0n) is 20.1. The van der Waals surface area contributed by atoms with Crippen LogP contribution in [-0.4, -0.2) is 38.3 Å². The van der Waals surface area contributed by atoms with Crippen molar-refractivity contribution in [2.24, 2.45) is 17.3 Å². The number of pyridine rings is 2. The molecule has 1 aliphatic heterocycles. The molecule has 0 radical (unpaired) electrons. The number of aromatic amines is 1. The van der Waals surface area contributed by atoms with Gasteiger partial charge in [-0.2, -0.15) is 0 Å². The molecule has 0 aromatic carbocycles. The average Bonchev–Trinajstić information content (AvgIpc) is 3.29. The number of likely N-dealkylation sites (tertiary alicyclic amines) is 1. The Labute approximate surface area is 195 Å². The Morgan fingerprint density at radius 3 is 2.64 bits per heavy atom. The van der Waals surface area contributed by atoms with Crippen molar-refractivity contribution < 1.29 is 4.79 Å². The molecule has 1 unspecified atom stereocenters. The topological polar surface area (TPSA) is 71.0 Å².